The third kappa shape index (κ3) is 4.09. The predicted octanol–water partition coefficient (Wildman–Crippen LogP) is 4.96. The van der Waals surface area contributed by atoms with Crippen LogP contribution in [0.1, 0.15) is 33.2 Å². The van der Waals surface area contributed by atoms with Crippen molar-refractivity contribution in [3.63, 3.8) is 0 Å². The molecule has 6 nitrogen and oxygen atoms in total. The van der Waals surface area contributed by atoms with Gasteiger partial charge in [0.15, 0.2) is 11.6 Å². The Morgan fingerprint density at radius 3 is 1.96 bits per heavy atom. The van der Waals surface area contributed by atoms with Crippen LogP contribution in [0.5, 0.6) is 11.5 Å². The fraction of sp³-hybridized carbons (Fsp3) is 0.0476. The van der Waals surface area contributed by atoms with Crippen molar-refractivity contribution < 1.29 is 23.6 Å². The number of hydrogen-bond acceptors (Lipinski definition) is 5. The lowest BCUT2D eigenvalue weighted by molar-refractivity contribution is -0.385. The third-order valence-electron chi connectivity index (χ3n) is 4.01. The van der Waals surface area contributed by atoms with Gasteiger partial charge in [-0.05, 0) is 67.6 Å². The molecule has 0 aliphatic rings. The zero-order chi connectivity index (χ0) is 20.3. The Kier molecular flexibility index (Phi) is 5.26. The maximum atomic E-state index is 13.0. The minimum Gasteiger partial charge on any atom is -0.450 e. The molecule has 3 aromatic carbocycles. The lowest BCUT2D eigenvalue weighted by Gasteiger charge is -2.08. The molecule has 7 heteroatoms. The van der Waals surface area contributed by atoms with Crippen molar-refractivity contribution in [2.24, 2.45) is 0 Å². The van der Waals surface area contributed by atoms with E-state index in [1.165, 1.54) is 67.6 Å². The van der Waals surface area contributed by atoms with Gasteiger partial charge in [0.25, 0.3) is 0 Å². The largest absolute Gasteiger partial charge is 0.450 e. The lowest BCUT2D eigenvalue weighted by Crippen LogP contribution is -2.01. The highest BCUT2D eigenvalue weighted by atomic mass is 19.1. The van der Waals surface area contributed by atoms with Gasteiger partial charge < -0.3 is 4.74 Å². The molecule has 0 fully saturated rings. The van der Waals surface area contributed by atoms with Crippen LogP contribution in [0.15, 0.2) is 66.7 Å². The first kappa shape index (κ1) is 18.9. The Labute approximate surface area is 159 Å². The quantitative estimate of drug-likeness (QED) is 0.343. The number of nitro benzene ring substituents is 1. The fourth-order valence-electron chi connectivity index (χ4n) is 2.53. The van der Waals surface area contributed by atoms with Crippen LogP contribution in [0, 0.1) is 15.9 Å². The summed E-state index contributed by atoms with van der Waals surface area (Å²) in [6.45, 7) is 1.32. The van der Waals surface area contributed by atoms with Crippen molar-refractivity contribution >= 4 is 17.3 Å². The summed E-state index contributed by atoms with van der Waals surface area (Å²) in [5, 5.41) is 11.3. The zero-order valence-electron chi connectivity index (χ0n) is 14.7. The lowest BCUT2D eigenvalue weighted by atomic mass is 10.0. The standard InChI is InChI=1S/C21H14FNO5/c1-13(24)16-6-11-20(19(12-16)23(26)27)28-18-9-4-15(5-10-18)21(25)14-2-7-17(22)8-3-14/h2-12H,1H3. The van der Waals surface area contributed by atoms with Gasteiger partial charge in [0.2, 0.25) is 5.75 Å². The van der Waals surface area contributed by atoms with Crippen LogP contribution >= 0.6 is 0 Å². The SMILES string of the molecule is CC(=O)c1ccc(Oc2ccc(C(=O)c3ccc(F)cc3)cc2)c([N+](=O)[O-])c1. The molecule has 140 valence electrons. The van der Waals surface area contributed by atoms with Gasteiger partial charge in [-0.15, -0.1) is 0 Å². The maximum absolute atomic E-state index is 13.0. The van der Waals surface area contributed by atoms with Gasteiger partial charge >= 0.3 is 5.69 Å². The van der Waals surface area contributed by atoms with Gasteiger partial charge in [0.1, 0.15) is 11.6 Å². The minimum atomic E-state index is -0.631. The topological polar surface area (TPSA) is 86.5 Å². The molecule has 0 aromatic heterocycles. The summed E-state index contributed by atoms with van der Waals surface area (Å²) in [4.78, 5) is 34.4. The highest BCUT2D eigenvalue weighted by molar-refractivity contribution is 6.09. The molecule has 28 heavy (non-hydrogen) atoms. The van der Waals surface area contributed by atoms with Crippen LogP contribution in [0.25, 0.3) is 0 Å². The average Bonchev–Trinajstić information content (AvgIpc) is 2.68. The van der Waals surface area contributed by atoms with E-state index in [-0.39, 0.29) is 34.3 Å². The second-order valence-corrected chi connectivity index (χ2v) is 5.96. The van der Waals surface area contributed by atoms with E-state index >= 15 is 0 Å². The van der Waals surface area contributed by atoms with Gasteiger partial charge in [0, 0.05) is 22.8 Å². The van der Waals surface area contributed by atoms with Crippen molar-refractivity contribution in [1.82, 2.24) is 0 Å². The van der Waals surface area contributed by atoms with Crippen molar-refractivity contribution in [3.05, 3.63) is 99.4 Å². The third-order valence-corrected chi connectivity index (χ3v) is 4.01. The Morgan fingerprint density at radius 2 is 1.43 bits per heavy atom. The number of benzene rings is 3. The number of halogens is 1. The maximum Gasteiger partial charge on any atom is 0.312 e. The van der Waals surface area contributed by atoms with E-state index in [0.717, 1.165) is 6.07 Å². The molecular weight excluding hydrogens is 365 g/mol. The Bertz CT molecular complexity index is 1060. The minimum absolute atomic E-state index is 0.0207. The number of ether oxygens (including phenoxy) is 1. The van der Waals surface area contributed by atoms with E-state index in [1.54, 1.807) is 0 Å². The molecule has 0 aliphatic carbocycles. The summed E-state index contributed by atoms with van der Waals surface area (Å²) in [6.07, 6.45) is 0. The number of nitrogens with zero attached hydrogens (tertiary/aromatic N) is 1. The first-order chi connectivity index (χ1) is 13.3. The molecule has 0 bridgehead atoms. The van der Waals surface area contributed by atoms with Gasteiger partial charge in [-0.1, -0.05) is 0 Å². The number of carbonyl (C=O) groups excluding carboxylic acids is 2. The van der Waals surface area contributed by atoms with Crippen molar-refractivity contribution in [3.8, 4) is 11.5 Å². The summed E-state index contributed by atoms with van der Waals surface area (Å²) in [5.74, 6) is -0.749. The van der Waals surface area contributed by atoms with E-state index in [9.17, 15) is 24.1 Å². The zero-order valence-corrected chi connectivity index (χ0v) is 14.7. The highest BCUT2D eigenvalue weighted by Gasteiger charge is 2.18. The summed E-state index contributed by atoms with van der Waals surface area (Å²) in [6, 6.07) is 15.2. The van der Waals surface area contributed by atoms with E-state index in [2.05, 4.69) is 0 Å². The van der Waals surface area contributed by atoms with E-state index < -0.39 is 10.7 Å². The number of nitro groups is 1. The van der Waals surface area contributed by atoms with Crippen molar-refractivity contribution in [1.29, 1.82) is 0 Å². The smallest absolute Gasteiger partial charge is 0.312 e. The van der Waals surface area contributed by atoms with E-state index in [4.69, 9.17) is 4.74 Å². The van der Waals surface area contributed by atoms with Crippen LogP contribution in [-0.4, -0.2) is 16.5 Å². The Hall–Kier alpha value is -3.87. The molecule has 0 atom stereocenters. The normalized spacial score (nSPS) is 10.4. The van der Waals surface area contributed by atoms with Crippen LogP contribution in [-0.2, 0) is 0 Å². The predicted molar refractivity (Wildman–Crippen MR) is 99.4 cm³/mol. The first-order valence-electron chi connectivity index (χ1n) is 8.23. The van der Waals surface area contributed by atoms with Gasteiger partial charge in [0.05, 0.1) is 4.92 Å². The van der Waals surface area contributed by atoms with E-state index in [1.807, 2.05) is 0 Å². The van der Waals surface area contributed by atoms with Crippen LogP contribution < -0.4 is 4.74 Å². The number of hydrogen-bond donors (Lipinski definition) is 0. The van der Waals surface area contributed by atoms with Crippen LogP contribution in [0.2, 0.25) is 0 Å². The summed E-state index contributed by atoms with van der Waals surface area (Å²) < 4.78 is 18.5. The molecule has 0 saturated carbocycles. The monoisotopic (exact) mass is 379 g/mol. The molecule has 3 aromatic rings. The first-order valence-corrected chi connectivity index (χ1v) is 8.23. The summed E-state index contributed by atoms with van der Waals surface area (Å²) in [5.41, 5.74) is 0.573. The second-order valence-electron chi connectivity index (χ2n) is 5.96. The molecule has 0 radical (unpaired) electrons. The van der Waals surface area contributed by atoms with E-state index in [0.29, 0.717) is 11.1 Å². The Morgan fingerprint density at radius 1 is 0.893 bits per heavy atom. The van der Waals surface area contributed by atoms with Crippen LogP contribution in [0.3, 0.4) is 0 Å². The number of ketones is 2. The summed E-state index contributed by atoms with van der Waals surface area (Å²) >= 11 is 0. The van der Waals surface area contributed by atoms with Gasteiger partial charge in [-0.25, -0.2) is 4.39 Å². The molecule has 0 saturated heterocycles. The Balaban J connectivity index is 1.83. The molecule has 0 aliphatic heterocycles. The molecule has 0 spiro atoms. The molecule has 0 amide bonds. The average molecular weight is 379 g/mol. The van der Waals surface area contributed by atoms with Crippen molar-refractivity contribution in [2.75, 3.05) is 0 Å². The molecule has 0 N–H and O–H groups in total. The molecular formula is C21H14FNO5. The fourth-order valence-corrected chi connectivity index (χ4v) is 2.53. The molecule has 0 heterocycles. The van der Waals surface area contributed by atoms with Gasteiger partial charge in [-0.2, -0.15) is 0 Å². The number of rotatable bonds is 6. The number of carbonyl (C=O) groups is 2. The molecule has 3 rings (SSSR count). The van der Waals surface area contributed by atoms with Gasteiger partial charge in [-0.3, -0.25) is 19.7 Å². The summed E-state index contributed by atoms with van der Waals surface area (Å²) in [7, 11) is 0. The highest BCUT2D eigenvalue weighted by Crippen LogP contribution is 2.32. The van der Waals surface area contributed by atoms with Crippen LogP contribution in [0.4, 0.5) is 10.1 Å². The second kappa shape index (κ2) is 7.79. The molecule has 0 unspecified atom stereocenters. The number of Topliss-reactive ketones (excluding diaryl/α,β-unsaturated/α-hetero) is 1. The van der Waals surface area contributed by atoms with Crippen molar-refractivity contribution in [2.45, 2.75) is 6.92 Å².